The minimum Gasteiger partial charge on any atom is -0.333 e. The molecule has 102 valence electrons. The number of hydrogen-bond donors (Lipinski definition) is 1. The first kappa shape index (κ1) is 14.3. The van der Waals surface area contributed by atoms with Gasteiger partial charge < -0.3 is 10.3 Å². The minimum atomic E-state index is 0.425. The standard InChI is InChI=1S/C13H23N3S2/c1-10(2)12(5-14)13-6-15-9-16(13)7-11-8-17-3-4-18-11/h6,9-12H,3-5,7-8,14H2,1-2H3. The lowest BCUT2D eigenvalue weighted by Gasteiger charge is -2.25. The van der Waals surface area contributed by atoms with Crippen LogP contribution in [0.2, 0.25) is 0 Å². The fourth-order valence-corrected chi connectivity index (χ4v) is 5.05. The van der Waals surface area contributed by atoms with E-state index in [0.29, 0.717) is 18.4 Å². The molecule has 18 heavy (non-hydrogen) atoms. The molecule has 3 nitrogen and oxygen atoms in total. The first-order valence-corrected chi connectivity index (χ1v) is 8.82. The molecule has 2 atom stereocenters. The Balaban J connectivity index is 2.06. The number of hydrogen-bond acceptors (Lipinski definition) is 4. The normalized spacial score (nSPS) is 22.3. The van der Waals surface area contributed by atoms with Gasteiger partial charge >= 0.3 is 0 Å². The Morgan fingerprint density at radius 1 is 1.50 bits per heavy atom. The monoisotopic (exact) mass is 285 g/mol. The summed E-state index contributed by atoms with van der Waals surface area (Å²) < 4.78 is 2.32. The molecule has 2 N–H and O–H groups in total. The third-order valence-corrected chi connectivity index (χ3v) is 6.30. The molecule has 0 spiro atoms. The molecular formula is C13H23N3S2. The van der Waals surface area contributed by atoms with Crippen LogP contribution in [0.4, 0.5) is 0 Å². The van der Waals surface area contributed by atoms with Crippen molar-refractivity contribution < 1.29 is 0 Å². The van der Waals surface area contributed by atoms with Gasteiger partial charge in [-0.25, -0.2) is 4.98 Å². The van der Waals surface area contributed by atoms with E-state index in [1.807, 2.05) is 12.5 Å². The summed E-state index contributed by atoms with van der Waals surface area (Å²) >= 11 is 4.17. The van der Waals surface area contributed by atoms with Gasteiger partial charge in [-0.2, -0.15) is 23.5 Å². The Morgan fingerprint density at radius 2 is 2.33 bits per heavy atom. The quantitative estimate of drug-likeness (QED) is 0.902. The zero-order valence-corrected chi connectivity index (χ0v) is 12.8. The maximum atomic E-state index is 5.92. The largest absolute Gasteiger partial charge is 0.333 e. The lowest BCUT2D eigenvalue weighted by molar-refractivity contribution is 0.472. The van der Waals surface area contributed by atoms with E-state index in [1.54, 1.807) is 0 Å². The summed E-state index contributed by atoms with van der Waals surface area (Å²) in [5.41, 5.74) is 7.23. The van der Waals surface area contributed by atoms with Crippen LogP contribution in [0.3, 0.4) is 0 Å². The fraction of sp³-hybridized carbons (Fsp3) is 0.769. The Morgan fingerprint density at radius 3 is 2.94 bits per heavy atom. The Bertz CT molecular complexity index is 359. The Kier molecular flexibility index (Phi) is 5.45. The van der Waals surface area contributed by atoms with Gasteiger partial charge in [0.05, 0.1) is 6.33 Å². The van der Waals surface area contributed by atoms with Crippen molar-refractivity contribution >= 4 is 23.5 Å². The second kappa shape index (κ2) is 6.87. The average molecular weight is 285 g/mol. The van der Waals surface area contributed by atoms with Gasteiger partial charge in [-0.15, -0.1) is 0 Å². The molecule has 0 saturated carbocycles. The van der Waals surface area contributed by atoms with Crippen LogP contribution >= 0.6 is 23.5 Å². The van der Waals surface area contributed by atoms with Gasteiger partial charge in [-0.3, -0.25) is 0 Å². The molecule has 5 heteroatoms. The molecule has 1 aliphatic rings. The Hall–Kier alpha value is -0.130. The average Bonchev–Trinajstić information content (AvgIpc) is 2.79. The summed E-state index contributed by atoms with van der Waals surface area (Å²) in [6.07, 6.45) is 3.97. The van der Waals surface area contributed by atoms with Crippen molar-refractivity contribution in [2.45, 2.75) is 31.6 Å². The van der Waals surface area contributed by atoms with Crippen LogP contribution in [0.25, 0.3) is 0 Å². The van der Waals surface area contributed by atoms with Crippen LogP contribution < -0.4 is 5.73 Å². The predicted molar refractivity (Wildman–Crippen MR) is 82.4 cm³/mol. The van der Waals surface area contributed by atoms with Gasteiger partial charge in [0.15, 0.2) is 0 Å². The molecule has 1 aromatic heterocycles. The maximum Gasteiger partial charge on any atom is 0.0948 e. The molecule has 0 amide bonds. The molecule has 1 saturated heterocycles. The van der Waals surface area contributed by atoms with E-state index in [-0.39, 0.29) is 0 Å². The van der Waals surface area contributed by atoms with E-state index in [2.05, 4.69) is 46.9 Å². The van der Waals surface area contributed by atoms with E-state index in [1.165, 1.54) is 23.0 Å². The van der Waals surface area contributed by atoms with E-state index < -0.39 is 0 Å². The fourth-order valence-electron chi connectivity index (χ4n) is 2.39. The highest BCUT2D eigenvalue weighted by Crippen LogP contribution is 2.28. The molecule has 1 aliphatic heterocycles. The molecule has 0 aliphatic carbocycles. The number of thioether (sulfide) groups is 2. The van der Waals surface area contributed by atoms with Gasteiger partial charge in [-0.05, 0) is 5.92 Å². The summed E-state index contributed by atoms with van der Waals surface area (Å²) in [5.74, 6) is 4.84. The van der Waals surface area contributed by atoms with Crippen molar-refractivity contribution in [1.82, 2.24) is 9.55 Å². The summed E-state index contributed by atoms with van der Waals surface area (Å²) in [7, 11) is 0. The van der Waals surface area contributed by atoms with E-state index in [4.69, 9.17) is 5.73 Å². The highest BCUT2D eigenvalue weighted by atomic mass is 32.2. The van der Waals surface area contributed by atoms with Crippen LogP contribution in [-0.2, 0) is 6.54 Å². The molecule has 0 radical (unpaired) electrons. The van der Waals surface area contributed by atoms with Crippen LogP contribution in [0.5, 0.6) is 0 Å². The molecule has 2 rings (SSSR count). The number of aromatic nitrogens is 2. The SMILES string of the molecule is CC(C)C(CN)c1cncn1CC1CSCCS1. The molecular weight excluding hydrogens is 262 g/mol. The van der Waals surface area contributed by atoms with Gasteiger partial charge in [-0.1, -0.05) is 13.8 Å². The van der Waals surface area contributed by atoms with Crippen molar-refractivity contribution in [1.29, 1.82) is 0 Å². The summed E-state index contributed by atoms with van der Waals surface area (Å²) in [4.78, 5) is 4.33. The maximum absolute atomic E-state index is 5.92. The Labute approximate surface area is 118 Å². The number of nitrogens with zero attached hydrogens (tertiary/aromatic N) is 2. The van der Waals surface area contributed by atoms with Crippen LogP contribution in [0.15, 0.2) is 12.5 Å². The molecule has 0 aromatic carbocycles. The summed E-state index contributed by atoms with van der Waals surface area (Å²) in [6, 6.07) is 0. The van der Waals surface area contributed by atoms with Crippen molar-refractivity contribution in [2.75, 3.05) is 23.8 Å². The van der Waals surface area contributed by atoms with Crippen LogP contribution in [-0.4, -0.2) is 38.6 Å². The molecule has 2 heterocycles. The van der Waals surface area contributed by atoms with E-state index in [0.717, 1.165) is 11.8 Å². The van der Waals surface area contributed by atoms with Gasteiger partial charge in [0.1, 0.15) is 0 Å². The third-order valence-electron chi connectivity index (χ3n) is 3.47. The number of nitrogens with two attached hydrogens (primary N) is 1. The van der Waals surface area contributed by atoms with Gasteiger partial charge in [0.25, 0.3) is 0 Å². The number of imidazole rings is 1. The lowest BCUT2D eigenvalue weighted by Crippen LogP contribution is -2.25. The van der Waals surface area contributed by atoms with Crippen molar-refractivity contribution in [3.63, 3.8) is 0 Å². The molecule has 2 unspecified atom stereocenters. The third kappa shape index (κ3) is 3.45. The topological polar surface area (TPSA) is 43.8 Å². The lowest BCUT2D eigenvalue weighted by atomic mass is 9.93. The summed E-state index contributed by atoms with van der Waals surface area (Å²) in [5, 5.41) is 0.724. The minimum absolute atomic E-state index is 0.425. The van der Waals surface area contributed by atoms with Crippen LogP contribution in [0, 0.1) is 5.92 Å². The van der Waals surface area contributed by atoms with Crippen molar-refractivity contribution in [3.05, 3.63) is 18.2 Å². The molecule has 1 aromatic rings. The first-order valence-electron chi connectivity index (χ1n) is 6.61. The zero-order valence-electron chi connectivity index (χ0n) is 11.2. The van der Waals surface area contributed by atoms with E-state index >= 15 is 0 Å². The smallest absolute Gasteiger partial charge is 0.0948 e. The number of rotatable bonds is 5. The highest BCUT2D eigenvalue weighted by Gasteiger charge is 2.21. The van der Waals surface area contributed by atoms with Gasteiger partial charge in [0.2, 0.25) is 0 Å². The van der Waals surface area contributed by atoms with Crippen LogP contribution in [0.1, 0.15) is 25.5 Å². The molecule has 0 bridgehead atoms. The summed E-state index contributed by atoms with van der Waals surface area (Å²) in [6.45, 7) is 6.26. The first-order chi connectivity index (χ1) is 8.72. The predicted octanol–water partition coefficient (Wildman–Crippen LogP) is 2.43. The zero-order chi connectivity index (χ0) is 13.0. The van der Waals surface area contributed by atoms with Gasteiger partial charge in [0, 0.05) is 53.4 Å². The highest BCUT2D eigenvalue weighted by molar-refractivity contribution is 8.06. The van der Waals surface area contributed by atoms with E-state index in [9.17, 15) is 0 Å². The van der Waals surface area contributed by atoms with Crippen molar-refractivity contribution in [3.8, 4) is 0 Å². The van der Waals surface area contributed by atoms with Crippen molar-refractivity contribution in [2.24, 2.45) is 11.7 Å². The second-order valence-corrected chi connectivity index (χ2v) is 7.68. The second-order valence-electron chi connectivity index (χ2n) is 5.12. The molecule has 1 fully saturated rings.